The molecule has 20 heavy (non-hydrogen) atoms. The number of nitrogens with zero attached hydrogens (tertiary/aromatic N) is 1. The number of halogens is 4. The third-order valence-electron chi connectivity index (χ3n) is 2.75. The summed E-state index contributed by atoms with van der Waals surface area (Å²) >= 11 is 6.15. The summed E-state index contributed by atoms with van der Waals surface area (Å²) in [5.41, 5.74) is 1.07. The van der Waals surface area contributed by atoms with Crippen LogP contribution < -0.4 is 4.74 Å². The first kappa shape index (κ1) is 14.9. The van der Waals surface area contributed by atoms with Crippen LogP contribution in [0, 0.1) is 0 Å². The van der Waals surface area contributed by atoms with Gasteiger partial charge >= 0.3 is 6.18 Å². The predicted octanol–water partition coefficient (Wildman–Crippen LogP) is 4.95. The highest BCUT2D eigenvalue weighted by Gasteiger charge is 2.28. The number of ether oxygens (including phenoxy) is 1. The van der Waals surface area contributed by atoms with E-state index in [1.54, 1.807) is 18.2 Å². The van der Waals surface area contributed by atoms with Crippen molar-refractivity contribution in [2.75, 3.05) is 6.61 Å². The van der Waals surface area contributed by atoms with Crippen molar-refractivity contribution in [3.63, 3.8) is 0 Å². The Labute approximate surface area is 119 Å². The summed E-state index contributed by atoms with van der Waals surface area (Å²) in [6.07, 6.45) is -4.39. The Morgan fingerprint density at radius 1 is 1.30 bits per heavy atom. The second-order valence-electron chi connectivity index (χ2n) is 4.74. The molecule has 0 atom stereocenters. The molecular weight excluding hydrogens is 291 g/mol. The van der Waals surface area contributed by atoms with Crippen molar-refractivity contribution in [1.29, 1.82) is 0 Å². The second-order valence-corrected chi connectivity index (χ2v) is 5.15. The monoisotopic (exact) mass is 303 g/mol. The fraction of sp³-hybridized carbons (Fsp3) is 0.357. The fourth-order valence-electron chi connectivity index (χ4n) is 1.77. The molecular formula is C14H13ClF3NO. The topological polar surface area (TPSA) is 22.1 Å². The van der Waals surface area contributed by atoms with Gasteiger partial charge in [-0.3, -0.25) is 0 Å². The van der Waals surface area contributed by atoms with E-state index in [0.717, 1.165) is 0 Å². The number of alkyl halides is 3. The second kappa shape index (κ2) is 5.48. The van der Waals surface area contributed by atoms with E-state index in [1.165, 1.54) is 6.07 Å². The number of rotatable bonds is 3. The van der Waals surface area contributed by atoms with Crippen LogP contribution in [-0.4, -0.2) is 17.8 Å². The van der Waals surface area contributed by atoms with E-state index in [4.69, 9.17) is 16.3 Å². The number of benzene rings is 1. The molecule has 1 aromatic heterocycles. The first-order chi connectivity index (χ1) is 9.28. The minimum absolute atomic E-state index is 0.0872. The van der Waals surface area contributed by atoms with Crippen LogP contribution in [0.4, 0.5) is 13.2 Å². The lowest BCUT2D eigenvalue weighted by atomic mass is 10.1. The first-order valence-electron chi connectivity index (χ1n) is 6.06. The Hall–Kier alpha value is -1.49. The zero-order chi connectivity index (χ0) is 14.9. The quantitative estimate of drug-likeness (QED) is 0.800. The molecule has 0 spiro atoms. The molecule has 0 N–H and O–H groups in total. The van der Waals surface area contributed by atoms with E-state index < -0.39 is 12.8 Å². The lowest BCUT2D eigenvalue weighted by Crippen LogP contribution is -2.19. The van der Waals surface area contributed by atoms with Gasteiger partial charge in [-0.1, -0.05) is 37.6 Å². The predicted molar refractivity (Wildman–Crippen MR) is 72.4 cm³/mol. The van der Waals surface area contributed by atoms with Crippen LogP contribution in [0.15, 0.2) is 24.3 Å². The van der Waals surface area contributed by atoms with Gasteiger partial charge in [0.15, 0.2) is 6.61 Å². The van der Waals surface area contributed by atoms with Gasteiger partial charge in [0, 0.05) is 11.1 Å². The van der Waals surface area contributed by atoms with Crippen LogP contribution in [0.3, 0.4) is 0 Å². The van der Waals surface area contributed by atoms with Gasteiger partial charge in [0.2, 0.25) is 0 Å². The van der Waals surface area contributed by atoms with Crippen molar-refractivity contribution in [2.45, 2.75) is 25.9 Å². The molecule has 6 heteroatoms. The van der Waals surface area contributed by atoms with E-state index in [0.29, 0.717) is 21.6 Å². The molecule has 1 aromatic carbocycles. The third-order valence-corrected chi connectivity index (χ3v) is 3.07. The molecule has 0 fully saturated rings. The van der Waals surface area contributed by atoms with Crippen molar-refractivity contribution < 1.29 is 17.9 Å². The number of para-hydroxylation sites is 1. The summed E-state index contributed by atoms with van der Waals surface area (Å²) < 4.78 is 41.6. The van der Waals surface area contributed by atoms with E-state index >= 15 is 0 Å². The van der Waals surface area contributed by atoms with E-state index in [2.05, 4.69) is 4.98 Å². The third kappa shape index (κ3) is 3.33. The lowest BCUT2D eigenvalue weighted by molar-refractivity contribution is -0.153. The van der Waals surface area contributed by atoms with E-state index in [-0.39, 0.29) is 11.7 Å². The van der Waals surface area contributed by atoms with Gasteiger partial charge < -0.3 is 4.74 Å². The van der Waals surface area contributed by atoms with Crippen molar-refractivity contribution >= 4 is 22.5 Å². The van der Waals surface area contributed by atoms with Crippen LogP contribution in [-0.2, 0) is 0 Å². The average Bonchev–Trinajstić information content (AvgIpc) is 2.35. The zero-order valence-electron chi connectivity index (χ0n) is 11.0. The van der Waals surface area contributed by atoms with Gasteiger partial charge in [-0.25, -0.2) is 4.98 Å². The molecule has 2 aromatic rings. The van der Waals surface area contributed by atoms with Gasteiger partial charge in [-0.15, -0.1) is 0 Å². The normalized spacial score (nSPS) is 12.2. The van der Waals surface area contributed by atoms with Crippen LogP contribution in [0.5, 0.6) is 5.75 Å². The van der Waals surface area contributed by atoms with Crippen molar-refractivity contribution in [2.24, 2.45) is 0 Å². The Bertz CT molecular complexity index is 626. The van der Waals surface area contributed by atoms with Crippen LogP contribution >= 0.6 is 11.6 Å². The standard InChI is InChI=1S/C14H13ClF3NO/c1-8(2)11-6-10(15)9-4-3-5-12(13(9)19-11)20-7-14(16,17)18/h3-6,8H,7H2,1-2H3. The molecule has 0 aliphatic rings. The molecule has 0 aliphatic heterocycles. The number of hydrogen-bond acceptors (Lipinski definition) is 2. The highest BCUT2D eigenvalue weighted by atomic mass is 35.5. The van der Waals surface area contributed by atoms with Crippen LogP contribution in [0.25, 0.3) is 10.9 Å². The Morgan fingerprint density at radius 2 is 2.00 bits per heavy atom. The SMILES string of the molecule is CC(C)c1cc(Cl)c2cccc(OCC(F)(F)F)c2n1. The molecule has 0 bridgehead atoms. The molecule has 0 unspecified atom stereocenters. The zero-order valence-corrected chi connectivity index (χ0v) is 11.7. The fourth-order valence-corrected chi connectivity index (χ4v) is 2.04. The summed E-state index contributed by atoms with van der Waals surface area (Å²) in [6, 6.07) is 6.48. The van der Waals surface area contributed by atoms with Gasteiger partial charge in [0.25, 0.3) is 0 Å². The number of pyridine rings is 1. The molecule has 0 saturated heterocycles. The highest BCUT2D eigenvalue weighted by Crippen LogP contribution is 2.32. The maximum absolute atomic E-state index is 12.3. The maximum atomic E-state index is 12.3. The van der Waals surface area contributed by atoms with Gasteiger partial charge in [-0.05, 0) is 18.1 Å². The lowest BCUT2D eigenvalue weighted by Gasteiger charge is -2.13. The summed E-state index contributed by atoms with van der Waals surface area (Å²) in [5, 5.41) is 1.03. The largest absolute Gasteiger partial charge is 0.482 e. The first-order valence-corrected chi connectivity index (χ1v) is 6.44. The van der Waals surface area contributed by atoms with Gasteiger partial charge in [0.1, 0.15) is 11.3 Å². The van der Waals surface area contributed by atoms with Crippen molar-refractivity contribution in [1.82, 2.24) is 4.98 Å². The Balaban J connectivity index is 2.49. The molecule has 0 aliphatic carbocycles. The summed E-state index contributed by atoms with van der Waals surface area (Å²) in [7, 11) is 0. The molecule has 0 amide bonds. The highest BCUT2D eigenvalue weighted by molar-refractivity contribution is 6.35. The van der Waals surface area contributed by atoms with E-state index in [9.17, 15) is 13.2 Å². The average molecular weight is 304 g/mol. The Kier molecular flexibility index (Phi) is 4.09. The summed E-state index contributed by atoms with van der Waals surface area (Å²) in [6.45, 7) is 2.52. The van der Waals surface area contributed by atoms with Gasteiger partial charge in [-0.2, -0.15) is 13.2 Å². The number of hydrogen-bond donors (Lipinski definition) is 0. The smallest absolute Gasteiger partial charge is 0.422 e. The minimum atomic E-state index is -4.39. The van der Waals surface area contributed by atoms with Crippen LogP contribution in [0.1, 0.15) is 25.5 Å². The minimum Gasteiger partial charge on any atom is -0.482 e. The molecule has 0 radical (unpaired) electrons. The molecule has 108 valence electrons. The number of fused-ring (bicyclic) bond motifs is 1. The molecule has 0 saturated carbocycles. The number of aromatic nitrogens is 1. The van der Waals surface area contributed by atoms with Crippen molar-refractivity contribution in [3.8, 4) is 5.75 Å². The summed E-state index contributed by atoms with van der Waals surface area (Å²) in [5.74, 6) is 0.205. The Morgan fingerprint density at radius 3 is 2.60 bits per heavy atom. The molecule has 1 heterocycles. The van der Waals surface area contributed by atoms with Gasteiger partial charge in [0.05, 0.1) is 5.02 Å². The maximum Gasteiger partial charge on any atom is 0.422 e. The molecule has 2 rings (SSSR count). The van der Waals surface area contributed by atoms with Crippen LogP contribution in [0.2, 0.25) is 5.02 Å². The molecule has 2 nitrogen and oxygen atoms in total. The van der Waals surface area contributed by atoms with E-state index in [1.807, 2.05) is 13.8 Å². The summed E-state index contributed by atoms with van der Waals surface area (Å²) in [4.78, 5) is 4.36. The van der Waals surface area contributed by atoms with Crippen molar-refractivity contribution in [3.05, 3.63) is 35.0 Å².